The van der Waals surface area contributed by atoms with Crippen LogP contribution in [-0.4, -0.2) is 91.3 Å². The number of aromatic nitrogens is 2. The average molecular weight is 538 g/mol. The minimum atomic E-state index is -3.67. The van der Waals surface area contributed by atoms with Crippen LogP contribution in [0, 0.1) is 0 Å². The van der Waals surface area contributed by atoms with Gasteiger partial charge in [-0.1, -0.05) is 20.8 Å². The topological polar surface area (TPSA) is 145 Å². The van der Waals surface area contributed by atoms with Crippen molar-refractivity contribution in [2.45, 2.75) is 40.0 Å². The monoisotopic (exact) mass is 537 g/mol. The number of H-pyrrole nitrogens is 1. The van der Waals surface area contributed by atoms with Crippen LogP contribution in [0.1, 0.15) is 38.4 Å². The summed E-state index contributed by atoms with van der Waals surface area (Å²) < 4.78 is 31.8. The van der Waals surface area contributed by atoms with Gasteiger partial charge in [-0.25, -0.2) is 4.98 Å². The molecule has 0 bridgehead atoms. The molecule has 0 saturated carbocycles. The van der Waals surface area contributed by atoms with E-state index in [1.165, 1.54) is 0 Å². The lowest BCUT2D eigenvalue weighted by Crippen LogP contribution is -2.47. The minimum Gasteiger partial charge on any atom is -0.493 e. The molecule has 3 N–H and O–H groups in total. The molecule has 1 aromatic heterocycles. The fourth-order valence-corrected chi connectivity index (χ4v) is 3.87. The third-order valence-electron chi connectivity index (χ3n) is 5.73. The van der Waals surface area contributed by atoms with Crippen molar-refractivity contribution in [1.82, 2.24) is 19.8 Å². The van der Waals surface area contributed by atoms with E-state index in [4.69, 9.17) is 14.3 Å². The Morgan fingerprint density at radius 3 is 2.38 bits per heavy atom. The van der Waals surface area contributed by atoms with Crippen LogP contribution in [-0.2, 0) is 27.8 Å². The second kappa shape index (κ2) is 14.2. The molecule has 1 saturated heterocycles. The first kappa shape index (κ1) is 30.4. The summed E-state index contributed by atoms with van der Waals surface area (Å²) in [6, 6.07) is 5.49. The van der Waals surface area contributed by atoms with Crippen molar-refractivity contribution in [1.29, 1.82) is 0 Å². The first-order valence-corrected chi connectivity index (χ1v) is 14.3. The Morgan fingerprint density at radius 2 is 1.81 bits per heavy atom. The molecule has 3 rings (SSSR count). The molecule has 0 aliphatic carbocycles. The normalized spacial score (nSPS) is 14.5. The number of piperazine rings is 1. The van der Waals surface area contributed by atoms with Gasteiger partial charge in [-0.15, -0.1) is 0 Å². The maximum atomic E-state index is 12.6. The fourth-order valence-electron chi connectivity index (χ4n) is 3.87. The summed E-state index contributed by atoms with van der Waals surface area (Å²) in [6.45, 7) is 10.6. The summed E-state index contributed by atoms with van der Waals surface area (Å²) in [4.78, 5) is 37.3. The number of nitrogens with zero attached hydrogens (tertiary/aromatic N) is 3. The lowest BCUT2D eigenvalue weighted by atomic mass is 10.1. The number of aromatic amines is 1. The van der Waals surface area contributed by atoms with Crippen LogP contribution in [0.25, 0.3) is 11.4 Å². The van der Waals surface area contributed by atoms with Crippen molar-refractivity contribution < 1.29 is 22.5 Å². The van der Waals surface area contributed by atoms with Gasteiger partial charge in [0.05, 0.1) is 30.7 Å². The van der Waals surface area contributed by atoms with Gasteiger partial charge < -0.3 is 19.9 Å². The third-order valence-corrected chi connectivity index (χ3v) is 5.73. The maximum absolute atomic E-state index is 12.6. The van der Waals surface area contributed by atoms with Gasteiger partial charge in [0.2, 0.25) is 5.91 Å². The maximum Gasteiger partial charge on any atom is 0.261 e. The van der Waals surface area contributed by atoms with E-state index in [9.17, 15) is 18.0 Å². The SMILES string of the molecule is CCCOc1ccc(NC(=O)CN2CCN(C)CC2)cc1-c1nc(CC)c(CC)c(=O)[nH]1.CS(=O)(=O)O. The van der Waals surface area contributed by atoms with Crippen LogP contribution in [0.4, 0.5) is 5.69 Å². The third kappa shape index (κ3) is 10.2. The Balaban J connectivity index is 0.000000877. The van der Waals surface area contributed by atoms with Gasteiger partial charge in [0.15, 0.2) is 0 Å². The molecule has 0 spiro atoms. The van der Waals surface area contributed by atoms with Crippen molar-refractivity contribution >= 4 is 21.7 Å². The number of carbonyl (C=O) groups is 1. The van der Waals surface area contributed by atoms with Crippen LogP contribution in [0.3, 0.4) is 0 Å². The molecular weight excluding hydrogens is 498 g/mol. The highest BCUT2D eigenvalue weighted by molar-refractivity contribution is 7.85. The Morgan fingerprint density at radius 1 is 1.16 bits per heavy atom. The molecule has 2 aromatic rings. The summed E-state index contributed by atoms with van der Waals surface area (Å²) in [5.41, 5.74) is 2.70. The van der Waals surface area contributed by atoms with Crippen LogP contribution < -0.4 is 15.6 Å². The predicted molar refractivity (Wildman–Crippen MR) is 145 cm³/mol. The molecule has 1 aliphatic rings. The smallest absolute Gasteiger partial charge is 0.261 e. The number of rotatable bonds is 9. The van der Waals surface area contributed by atoms with E-state index in [1.807, 2.05) is 39.0 Å². The van der Waals surface area contributed by atoms with Gasteiger partial charge in [-0.3, -0.25) is 19.0 Å². The first-order valence-electron chi connectivity index (χ1n) is 12.5. The van der Waals surface area contributed by atoms with E-state index in [0.717, 1.165) is 38.3 Å². The number of carbonyl (C=O) groups excluding carboxylic acids is 1. The minimum absolute atomic E-state index is 0.0558. The average Bonchev–Trinajstić information content (AvgIpc) is 2.83. The molecule has 2 heterocycles. The van der Waals surface area contributed by atoms with Crippen LogP contribution in [0.2, 0.25) is 0 Å². The van der Waals surface area contributed by atoms with Crippen LogP contribution >= 0.6 is 0 Å². The lowest BCUT2D eigenvalue weighted by Gasteiger charge is -2.31. The Kier molecular flexibility index (Phi) is 11.7. The van der Waals surface area contributed by atoms with Gasteiger partial charge in [-0.05, 0) is 44.5 Å². The van der Waals surface area contributed by atoms with E-state index in [1.54, 1.807) is 0 Å². The second-order valence-electron chi connectivity index (χ2n) is 8.97. The number of amides is 1. The van der Waals surface area contributed by atoms with Crippen molar-refractivity contribution in [3.05, 3.63) is 39.8 Å². The molecule has 37 heavy (non-hydrogen) atoms. The molecule has 1 fully saturated rings. The Labute approximate surface area is 219 Å². The summed E-state index contributed by atoms with van der Waals surface area (Å²) >= 11 is 0. The number of likely N-dealkylation sites (N-methyl/N-ethyl adjacent to an activating group) is 1. The zero-order chi connectivity index (χ0) is 27.6. The highest BCUT2D eigenvalue weighted by Gasteiger charge is 2.18. The summed E-state index contributed by atoms with van der Waals surface area (Å²) in [7, 11) is -1.57. The molecular formula is C25H39N5O6S. The lowest BCUT2D eigenvalue weighted by molar-refractivity contribution is -0.117. The predicted octanol–water partition coefficient (Wildman–Crippen LogP) is 2.04. The molecule has 11 nitrogen and oxygen atoms in total. The van der Waals surface area contributed by atoms with E-state index in [-0.39, 0.29) is 11.5 Å². The number of ether oxygens (including phenoxy) is 1. The standard InChI is InChI=1S/C24H35N5O3.CH4O3S/c1-5-14-32-21-9-8-17(25-22(30)16-29-12-10-28(4)11-13-29)15-19(21)23-26-20(7-3)18(6-2)24(31)27-23;1-5(2,3)4/h8-9,15H,5-7,10-14,16H2,1-4H3,(H,25,30)(H,26,27,31);1H3,(H,2,3,4). The highest BCUT2D eigenvalue weighted by atomic mass is 32.2. The summed E-state index contributed by atoms with van der Waals surface area (Å²) in [5.74, 6) is 1.04. The van der Waals surface area contributed by atoms with Gasteiger partial charge in [0, 0.05) is 37.4 Å². The fraction of sp³-hybridized carbons (Fsp3) is 0.560. The number of nitrogens with one attached hydrogen (secondary N) is 2. The molecule has 0 unspecified atom stereocenters. The molecule has 0 radical (unpaired) electrons. The molecule has 12 heteroatoms. The molecule has 1 amide bonds. The Bertz CT molecular complexity index is 1200. The van der Waals surface area contributed by atoms with E-state index in [0.29, 0.717) is 60.6 Å². The van der Waals surface area contributed by atoms with E-state index in [2.05, 4.69) is 27.1 Å². The summed E-state index contributed by atoms with van der Waals surface area (Å²) in [6.07, 6.45) is 2.88. The zero-order valence-electron chi connectivity index (χ0n) is 22.3. The van der Waals surface area contributed by atoms with Crippen molar-refractivity contribution in [3.8, 4) is 17.1 Å². The number of benzene rings is 1. The van der Waals surface area contributed by atoms with Gasteiger partial charge in [0.25, 0.3) is 15.7 Å². The quantitative estimate of drug-likeness (QED) is 0.409. The molecule has 1 aromatic carbocycles. The van der Waals surface area contributed by atoms with Gasteiger partial charge in [0.1, 0.15) is 11.6 Å². The number of aryl methyl sites for hydroxylation is 1. The van der Waals surface area contributed by atoms with E-state index < -0.39 is 10.1 Å². The van der Waals surface area contributed by atoms with Gasteiger partial charge >= 0.3 is 0 Å². The van der Waals surface area contributed by atoms with Crippen molar-refractivity contribution in [2.24, 2.45) is 0 Å². The first-order chi connectivity index (χ1) is 17.4. The number of hydrogen-bond donors (Lipinski definition) is 3. The largest absolute Gasteiger partial charge is 0.493 e. The number of anilines is 1. The summed E-state index contributed by atoms with van der Waals surface area (Å²) in [5, 5.41) is 2.99. The molecule has 206 valence electrons. The van der Waals surface area contributed by atoms with Crippen molar-refractivity contribution in [2.75, 3.05) is 58.0 Å². The van der Waals surface area contributed by atoms with Gasteiger partial charge in [-0.2, -0.15) is 8.42 Å². The van der Waals surface area contributed by atoms with Crippen molar-refractivity contribution in [3.63, 3.8) is 0 Å². The van der Waals surface area contributed by atoms with E-state index >= 15 is 0 Å². The zero-order valence-corrected chi connectivity index (χ0v) is 23.2. The second-order valence-corrected chi connectivity index (χ2v) is 10.4. The van der Waals surface area contributed by atoms with Crippen LogP contribution in [0.5, 0.6) is 5.75 Å². The molecule has 1 aliphatic heterocycles. The molecule has 0 atom stereocenters. The Hall–Kier alpha value is -2.80. The number of hydrogen-bond acceptors (Lipinski definition) is 8. The highest BCUT2D eigenvalue weighted by Crippen LogP contribution is 2.31. The van der Waals surface area contributed by atoms with Crippen LogP contribution in [0.15, 0.2) is 23.0 Å².